The van der Waals surface area contributed by atoms with Gasteiger partial charge >= 0.3 is 0 Å². The number of benzene rings is 1. The van der Waals surface area contributed by atoms with Crippen molar-refractivity contribution in [3.8, 4) is 0 Å². The second-order valence-electron chi connectivity index (χ2n) is 4.83. The van der Waals surface area contributed by atoms with Gasteiger partial charge in [-0.15, -0.1) is 0 Å². The molecule has 1 atom stereocenters. The van der Waals surface area contributed by atoms with Crippen LogP contribution < -0.4 is 5.73 Å². The molecule has 1 unspecified atom stereocenters. The van der Waals surface area contributed by atoms with Gasteiger partial charge in [0.05, 0.1) is 11.1 Å². The predicted octanol–water partition coefficient (Wildman–Crippen LogP) is 1.60. The number of halogens is 1. The lowest BCUT2D eigenvalue weighted by atomic mass is 10.1. The number of rotatable bonds is 4. The van der Waals surface area contributed by atoms with E-state index in [2.05, 4.69) is 0 Å². The summed E-state index contributed by atoms with van der Waals surface area (Å²) in [4.78, 5) is 0.124. The van der Waals surface area contributed by atoms with Gasteiger partial charge in [0, 0.05) is 26.7 Å². The first-order valence-electron chi connectivity index (χ1n) is 6.50. The molecule has 1 saturated heterocycles. The monoisotopic (exact) mass is 318 g/mol. The minimum atomic E-state index is -3.60. The van der Waals surface area contributed by atoms with Crippen LogP contribution in [0.5, 0.6) is 0 Å². The van der Waals surface area contributed by atoms with Gasteiger partial charge in [0.2, 0.25) is 10.0 Å². The van der Waals surface area contributed by atoms with E-state index in [1.807, 2.05) is 0 Å². The maximum atomic E-state index is 12.7. The fourth-order valence-corrected chi connectivity index (χ4v) is 4.36. The third-order valence-electron chi connectivity index (χ3n) is 3.52. The average Bonchev–Trinajstić information content (AvgIpc) is 2.47. The summed E-state index contributed by atoms with van der Waals surface area (Å²) in [6.07, 6.45) is 1.60. The molecule has 1 aliphatic heterocycles. The minimum Gasteiger partial charge on any atom is -0.380 e. The van der Waals surface area contributed by atoms with Gasteiger partial charge in [0.25, 0.3) is 0 Å². The van der Waals surface area contributed by atoms with Crippen molar-refractivity contribution in [2.45, 2.75) is 30.4 Å². The number of methoxy groups -OCH3 is 1. The van der Waals surface area contributed by atoms with Gasteiger partial charge in [0.15, 0.2) is 0 Å². The maximum absolute atomic E-state index is 12.7. The maximum Gasteiger partial charge on any atom is 0.244 e. The van der Waals surface area contributed by atoms with E-state index in [-0.39, 0.29) is 22.6 Å². The van der Waals surface area contributed by atoms with Crippen LogP contribution in [0, 0.1) is 0 Å². The van der Waals surface area contributed by atoms with Gasteiger partial charge in [-0.2, -0.15) is 4.31 Å². The molecule has 1 aliphatic rings. The number of sulfonamides is 1. The topological polar surface area (TPSA) is 72.6 Å². The lowest BCUT2D eigenvalue weighted by molar-refractivity contribution is 0.0572. The van der Waals surface area contributed by atoms with Crippen LogP contribution in [0.3, 0.4) is 0 Å². The third-order valence-corrected chi connectivity index (χ3v) is 5.87. The van der Waals surface area contributed by atoms with E-state index < -0.39 is 10.0 Å². The van der Waals surface area contributed by atoms with Crippen LogP contribution in [0.4, 0.5) is 0 Å². The molecule has 0 aromatic heterocycles. The molecule has 0 saturated carbocycles. The van der Waals surface area contributed by atoms with Crippen LogP contribution >= 0.6 is 11.6 Å². The van der Waals surface area contributed by atoms with E-state index >= 15 is 0 Å². The van der Waals surface area contributed by atoms with Gasteiger partial charge in [-0.1, -0.05) is 17.7 Å². The highest BCUT2D eigenvalue weighted by Crippen LogP contribution is 2.28. The Morgan fingerprint density at radius 2 is 2.25 bits per heavy atom. The van der Waals surface area contributed by atoms with Crippen molar-refractivity contribution < 1.29 is 13.2 Å². The Bertz CT molecular complexity index is 577. The quantitative estimate of drug-likeness (QED) is 0.915. The first-order chi connectivity index (χ1) is 9.48. The first kappa shape index (κ1) is 15.7. The number of ether oxygens (including phenoxy) is 1. The Morgan fingerprint density at radius 3 is 2.90 bits per heavy atom. The summed E-state index contributed by atoms with van der Waals surface area (Å²) in [6.45, 7) is 1.13. The second-order valence-corrected chi connectivity index (χ2v) is 7.15. The van der Waals surface area contributed by atoms with Crippen molar-refractivity contribution >= 4 is 21.6 Å². The van der Waals surface area contributed by atoms with E-state index in [1.165, 1.54) is 4.31 Å². The number of hydrogen-bond donors (Lipinski definition) is 1. The number of nitrogens with zero attached hydrogens (tertiary/aromatic N) is 1. The highest BCUT2D eigenvalue weighted by molar-refractivity contribution is 7.89. The molecule has 2 rings (SSSR count). The van der Waals surface area contributed by atoms with Gasteiger partial charge < -0.3 is 10.5 Å². The van der Waals surface area contributed by atoms with Crippen molar-refractivity contribution in [2.24, 2.45) is 5.73 Å². The Kier molecular flexibility index (Phi) is 5.04. The van der Waals surface area contributed by atoms with Crippen LogP contribution in [-0.4, -0.2) is 39.0 Å². The smallest absolute Gasteiger partial charge is 0.244 e. The predicted molar refractivity (Wildman–Crippen MR) is 78.1 cm³/mol. The molecule has 1 aromatic carbocycles. The molecule has 0 radical (unpaired) electrons. The summed E-state index contributed by atoms with van der Waals surface area (Å²) < 4.78 is 32.1. The number of nitrogens with two attached hydrogens (primary N) is 1. The van der Waals surface area contributed by atoms with Crippen molar-refractivity contribution in [1.82, 2.24) is 4.31 Å². The summed E-state index contributed by atoms with van der Waals surface area (Å²) >= 11 is 6.05. The summed E-state index contributed by atoms with van der Waals surface area (Å²) in [5.74, 6) is 0. The molecule has 20 heavy (non-hydrogen) atoms. The fraction of sp³-hybridized carbons (Fsp3) is 0.538. The zero-order valence-corrected chi connectivity index (χ0v) is 13.0. The normalized spacial score (nSPS) is 21.1. The molecule has 0 bridgehead atoms. The lowest BCUT2D eigenvalue weighted by Gasteiger charge is -2.31. The molecular weight excluding hydrogens is 300 g/mol. The number of hydrogen-bond acceptors (Lipinski definition) is 4. The standard InChI is InChI=1S/C13H19ClN2O3S/c1-19-11-3-2-6-16(9-11)20(17,18)13-7-10(8-15)4-5-12(13)14/h4-5,7,11H,2-3,6,8-9,15H2,1H3. The molecule has 7 heteroatoms. The fourth-order valence-electron chi connectivity index (χ4n) is 2.33. The average molecular weight is 319 g/mol. The third kappa shape index (κ3) is 3.15. The van der Waals surface area contributed by atoms with Crippen LogP contribution in [0.15, 0.2) is 23.1 Å². The molecule has 0 aliphatic carbocycles. The zero-order valence-electron chi connectivity index (χ0n) is 11.4. The minimum absolute atomic E-state index is 0.0602. The largest absolute Gasteiger partial charge is 0.380 e. The van der Waals surface area contributed by atoms with Crippen LogP contribution in [-0.2, 0) is 21.3 Å². The molecule has 1 fully saturated rings. The van der Waals surface area contributed by atoms with Crippen LogP contribution in [0.1, 0.15) is 18.4 Å². The van der Waals surface area contributed by atoms with Crippen LogP contribution in [0.2, 0.25) is 5.02 Å². The Balaban J connectivity index is 2.34. The van der Waals surface area contributed by atoms with Gasteiger partial charge in [-0.25, -0.2) is 8.42 Å². The highest BCUT2D eigenvalue weighted by atomic mass is 35.5. The highest BCUT2D eigenvalue weighted by Gasteiger charge is 2.31. The van der Waals surface area contributed by atoms with E-state index in [4.69, 9.17) is 22.1 Å². The summed E-state index contributed by atoms with van der Waals surface area (Å²) in [6, 6.07) is 4.86. The summed E-state index contributed by atoms with van der Waals surface area (Å²) in [5, 5.41) is 0.224. The first-order valence-corrected chi connectivity index (χ1v) is 8.32. The zero-order chi connectivity index (χ0) is 14.8. The summed E-state index contributed by atoms with van der Waals surface area (Å²) in [5.41, 5.74) is 6.31. The van der Waals surface area contributed by atoms with E-state index in [9.17, 15) is 8.42 Å². The van der Waals surface area contributed by atoms with E-state index in [1.54, 1.807) is 25.3 Å². The summed E-state index contributed by atoms with van der Waals surface area (Å²) in [7, 11) is -2.00. The molecule has 1 heterocycles. The number of piperidine rings is 1. The van der Waals surface area contributed by atoms with E-state index in [0.717, 1.165) is 18.4 Å². The lowest BCUT2D eigenvalue weighted by Crippen LogP contribution is -2.42. The van der Waals surface area contributed by atoms with Crippen molar-refractivity contribution in [1.29, 1.82) is 0 Å². The van der Waals surface area contributed by atoms with Gasteiger partial charge in [-0.05, 0) is 30.5 Å². The van der Waals surface area contributed by atoms with Crippen LogP contribution in [0.25, 0.3) is 0 Å². The SMILES string of the molecule is COC1CCCN(S(=O)(=O)c2cc(CN)ccc2Cl)C1. The molecule has 112 valence electrons. The Hall–Kier alpha value is -0.660. The van der Waals surface area contributed by atoms with E-state index in [0.29, 0.717) is 13.1 Å². The van der Waals surface area contributed by atoms with Gasteiger partial charge in [-0.3, -0.25) is 0 Å². The molecule has 5 nitrogen and oxygen atoms in total. The molecule has 2 N–H and O–H groups in total. The molecule has 0 amide bonds. The molecule has 0 spiro atoms. The van der Waals surface area contributed by atoms with Crippen molar-refractivity contribution in [3.05, 3.63) is 28.8 Å². The van der Waals surface area contributed by atoms with Crippen molar-refractivity contribution in [3.63, 3.8) is 0 Å². The Morgan fingerprint density at radius 1 is 1.50 bits per heavy atom. The second kappa shape index (κ2) is 6.41. The van der Waals surface area contributed by atoms with Gasteiger partial charge in [0.1, 0.15) is 4.90 Å². The Labute approximate surface area is 124 Å². The van der Waals surface area contributed by atoms with Crippen molar-refractivity contribution in [2.75, 3.05) is 20.2 Å². The molecule has 1 aromatic rings. The molecular formula is C13H19ClN2O3S.